The average Bonchev–Trinajstić information content (AvgIpc) is 3.30. The summed E-state index contributed by atoms with van der Waals surface area (Å²) in [5.41, 5.74) is 3.75. The highest BCUT2D eigenvalue weighted by atomic mass is 16.2. The largest absolute Gasteiger partial charge is 0.361 e. The summed E-state index contributed by atoms with van der Waals surface area (Å²) in [6.07, 6.45) is 6.74. The van der Waals surface area contributed by atoms with Crippen LogP contribution in [0.2, 0.25) is 0 Å². The van der Waals surface area contributed by atoms with Gasteiger partial charge >= 0.3 is 0 Å². The number of hydrogen-bond donors (Lipinski definition) is 1. The van der Waals surface area contributed by atoms with E-state index < -0.39 is 0 Å². The fourth-order valence-electron chi connectivity index (χ4n) is 4.00. The number of aromatic amines is 1. The van der Waals surface area contributed by atoms with Crippen molar-refractivity contribution in [2.24, 2.45) is 0 Å². The van der Waals surface area contributed by atoms with Crippen molar-refractivity contribution in [3.8, 4) is 0 Å². The van der Waals surface area contributed by atoms with Gasteiger partial charge in [-0.05, 0) is 42.9 Å². The summed E-state index contributed by atoms with van der Waals surface area (Å²) in [5, 5.41) is 1.28. The molecule has 0 aliphatic carbocycles. The Kier molecular flexibility index (Phi) is 4.55. The van der Waals surface area contributed by atoms with Gasteiger partial charge in [-0.25, -0.2) is 0 Å². The normalized spacial score (nSPS) is 17.3. The van der Waals surface area contributed by atoms with Gasteiger partial charge in [0.05, 0.1) is 6.04 Å². The average molecular weight is 332 g/mol. The maximum atomic E-state index is 12.7. The molecule has 1 saturated heterocycles. The number of carbonyl (C=O) groups is 1. The van der Waals surface area contributed by atoms with E-state index in [1.165, 1.54) is 22.0 Å². The van der Waals surface area contributed by atoms with E-state index >= 15 is 0 Å². The standard InChI is InChI=1S/C22H24N2O/c25-22(24-15-7-13-21(24)17-8-2-1-3-9-17)14-6-10-18-16-23-20-12-5-4-11-19(18)20/h1-5,8-9,11-12,16,21,23H,6-7,10,13-15H2. The van der Waals surface area contributed by atoms with Gasteiger partial charge in [0.1, 0.15) is 0 Å². The van der Waals surface area contributed by atoms with Gasteiger partial charge in [0.15, 0.2) is 0 Å². The number of nitrogens with zero attached hydrogens (tertiary/aromatic N) is 1. The van der Waals surface area contributed by atoms with Crippen molar-refractivity contribution in [1.29, 1.82) is 0 Å². The molecule has 1 unspecified atom stereocenters. The molecule has 1 aliphatic heterocycles. The first-order valence-electron chi connectivity index (χ1n) is 9.22. The summed E-state index contributed by atoms with van der Waals surface area (Å²) >= 11 is 0. The highest BCUT2D eigenvalue weighted by molar-refractivity contribution is 5.83. The highest BCUT2D eigenvalue weighted by Gasteiger charge is 2.29. The lowest BCUT2D eigenvalue weighted by Crippen LogP contribution is -2.30. The number of carbonyl (C=O) groups excluding carboxylic acids is 1. The lowest BCUT2D eigenvalue weighted by Gasteiger charge is -2.25. The molecular formula is C22H24N2O. The summed E-state index contributed by atoms with van der Waals surface area (Å²) in [7, 11) is 0. The van der Waals surface area contributed by atoms with Crippen molar-refractivity contribution < 1.29 is 4.79 Å². The van der Waals surface area contributed by atoms with Gasteiger partial charge < -0.3 is 9.88 Å². The van der Waals surface area contributed by atoms with Crippen LogP contribution in [0.1, 0.15) is 42.9 Å². The molecule has 4 rings (SSSR count). The number of fused-ring (bicyclic) bond motifs is 1. The zero-order chi connectivity index (χ0) is 17.1. The van der Waals surface area contributed by atoms with Crippen LogP contribution in [0.4, 0.5) is 0 Å². The first-order valence-corrected chi connectivity index (χ1v) is 9.22. The second kappa shape index (κ2) is 7.14. The number of para-hydroxylation sites is 1. The van der Waals surface area contributed by atoms with Crippen LogP contribution in [-0.4, -0.2) is 22.3 Å². The van der Waals surface area contributed by atoms with Crippen LogP contribution >= 0.6 is 0 Å². The zero-order valence-corrected chi connectivity index (χ0v) is 14.4. The number of amides is 1. The molecule has 1 atom stereocenters. The number of rotatable bonds is 5. The summed E-state index contributed by atoms with van der Waals surface area (Å²) in [6.45, 7) is 0.894. The number of hydrogen-bond acceptors (Lipinski definition) is 1. The van der Waals surface area contributed by atoms with E-state index in [2.05, 4.69) is 58.5 Å². The summed E-state index contributed by atoms with van der Waals surface area (Å²) in [5.74, 6) is 0.297. The quantitative estimate of drug-likeness (QED) is 0.712. The molecule has 0 spiro atoms. The van der Waals surface area contributed by atoms with Crippen LogP contribution in [0.3, 0.4) is 0 Å². The molecule has 25 heavy (non-hydrogen) atoms. The molecule has 128 valence electrons. The van der Waals surface area contributed by atoms with E-state index in [9.17, 15) is 4.79 Å². The second-order valence-electron chi connectivity index (χ2n) is 6.87. The van der Waals surface area contributed by atoms with Gasteiger partial charge in [-0.2, -0.15) is 0 Å². The SMILES string of the molecule is O=C(CCCc1c[nH]c2ccccc12)N1CCCC1c1ccccc1. The lowest BCUT2D eigenvalue weighted by molar-refractivity contribution is -0.132. The van der Waals surface area contributed by atoms with Gasteiger partial charge in [-0.3, -0.25) is 4.79 Å². The Morgan fingerprint density at radius 2 is 1.88 bits per heavy atom. The van der Waals surface area contributed by atoms with Gasteiger partial charge in [0.2, 0.25) is 5.91 Å². The van der Waals surface area contributed by atoms with Gasteiger partial charge in [-0.1, -0.05) is 48.5 Å². The first kappa shape index (κ1) is 15.9. The van der Waals surface area contributed by atoms with Crippen molar-refractivity contribution in [3.05, 3.63) is 71.9 Å². The minimum Gasteiger partial charge on any atom is -0.361 e. The smallest absolute Gasteiger partial charge is 0.223 e. The minimum absolute atomic E-state index is 0.266. The van der Waals surface area contributed by atoms with Crippen LogP contribution in [0.15, 0.2) is 60.8 Å². The molecule has 1 aliphatic rings. The predicted octanol–water partition coefficient (Wildman–Crippen LogP) is 4.85. The number of likely N-dealkylation sites (tertiary alicyclic amines) is 1. The van der Waals surface area contributed by atoms with E-state index in [0.29, 0.717) is 12.3 Å². The Hall–Kier alpha value is -2.55. The third kappa shape index (κ3) is 3.32. The number of H-pyrrole nitrogens is 1. The number of aromatic nitrogens is 1. The Morgan fingerprint density at radius 1 is 1.08 bits per heavy atom. The lowest BCUT2D eigenvalue weighted by atomic mass is 10.0. The van der Waals surface area contributed by atoms with Crippen LogP contribution in [0, 0.1) is 0 Å². The predicted molar refractivity (Wildman–Crippen MR) is 101 cm³/mol. The second-order valence-corrected chi connectivity index (χ2v) is 6.87. The van der Waals surface area contributed by atoms with E-state index in [1.807, 2.05) is 12.1 Å². The summed E-state index contributed by atoms with van der Waals surface area (Å²) < 4.78 is 0. The van der Waals surface area contributed by atoms with Crippen molar-refractivity contribution in [2.45, 2.75) is 38.1 Å². The summed E-state index contributed by atoms with van der Waals surface area (Å²) in [4.78, 5) is 18.1. The third-order valence-corrected chi connectivity index (χ3v) is 5.27. The maximum absolute atomic E-state index is 12.7. The molecule has 1 amide bonds. The Balaban J connectivity index is 1.37. The van der Waals surface area contributed by atoms with Crippen molar-refractivity contribution in [3.63, 3.8) is 0 Å². The molecule has 2 aromatic carbocycles. The molecule has 1 fully saturated rings. The molecule has 2 heterocycles. The Labute approximate surface area is 148 Å². The van der Waals surface area contributed by atoms with Gasteiger partial charge in [-0.15, -0.1) is 0 Å². The van der Waals surface area contributed by atoms with Crippen LogP contribution < -0.4 is 0 Å². The fourth-order valence-corrected chi connectivity index (χ4v) is 4.00. The Bertz CT molecular complexity index is 853. The van der Waals surface area contributed by atoms with Crippen molar-refractivity contribution in [1.82, 2.24) is 9.88 Å². The van der Waals surface area contributed by atoms with E-state index in [1.54, 1.807) is 0 Å². The molecule has 3 aromatic rings. The third-order valence-electron chi connectivity index (χ3n) is 5.27. The van der Waals surface area contributed by atoms with E-state index in [4.69, 9.17) is 0 Å². The Morgan fingerprint density at radius 3 is 2.76 bits per heavy atom. The topological polar surface area (TPSA) is 36.1 Å². The molecular weight excluding hydrogens is 308 g/mol. The minimum atomic E-state index is 0.266. The van der Waals surface area contributed by atoms with E-state index in [-0.39, 0.29) is 6.04 Å². The molecule has 0 bridgehead atoms. The van der Waals surface area contributed by atoms with Crippen LogP contribution in [-0.2, 0) is 11.2 Å². The highest BCUT2D eigenvalue weighted by Crippen LogP contribution is 2.32. The molecule has 0 radical (unpaired) electrons. The first-order chi connectivity index (χ1) is 12.3. The van der Waals surface area contributed by atoms with E-state index in [0.717, 1.165) is 32.2 Å². The monoisotopic (exact) mass is 332 g/mol. The van der Waals surface area contributed by atoms with Crippen LogP contribution in [0.25, 0.3) is 10.9 Å². The maximum Gasteiger partial charge on any atom is 0.223 e. The molecule has 1 aromatic heterocycles. The van der Waals surface area contributed by atoms with Crippen LogP contribution in [0.5, 0.6) is 0 Å². The van der Waals surface area contributed by atoms with Crippen molar-refractivity contribution >= 4 is 16.8 Å². The summed E-state index contributed by atoms with van der Waals surface area (Å²) in [6, 6.07) is 19.1. The van der Waals surface area contributed by atoms with Gasteiger partial charge in [0.25, 0.3) is 0 Å². The number of aryl methyl sites for hydroxylation is 1. The molecule has 3 nitrogen and oxygen atoms in total. The molecule has 1 N–H and O–H groups in total. The number of nitrogens with one attached hydrogen (secondary N) is 1. The van der Waals surface area contributed by atoms with Crippen molar-refractivity contribution in [2.75, 3.05) is 6.54 Å². The molecule has 0 saturated carbocycles. The molecule has 3 heteroatoms. The zero-order valence-electron chi connectivity index (χ0n) is 14.4. The number of benzene rings is 2. The van der Waals surface area contributed by atoms with Gasteiger partial charge in [0, 0.05) is 30.1 Å². The fraction of sp³-hybridized carbons (Fsp3) is 0.318.